The van der Waals surface area contributed by atoms with E-state index in [4.69, 9.17) is 9.97 Å². The van der Waals surface area contributed by atoms with Crippen LogP contribution in [-0.2, 0) is 0 Å². The maximum absolute atomic E-state index is 5.11. The second-order valence-electron chi connectivity index (χ2n) is 8.31. The van der Waals surface area contributed by atoms with Crippen LogP contribution in [0.5, 0.6) is 0 Å². The van der Waals surface area contributed by atoms with Gasteiger partial charge in [0.2, 0.25) is 0 Å². The lowest BCUT2D eigenvalue weighted by molar-refractivity contribution is 0.476. The summed E-state index contributed by atoms with van der Waals surface area (Å²) in [5.41, 5.74) is 3.69. The first kappa shape index (κ1) is 19.0. The van der Waals surface area contributed by atoms with Crippen LogP contribution in [0.3, 0.4) is 0 Å². The molecule has 2 aliphatic rings. The lowest BCUT2D eigenvalue weighted by Gasteiger charge is -2.45. The molecule has 6 nitrogen and oxygen atoms in total. The highest BCUT2D eigenvalue weighted by molar-refractivity contribution is 5.77. The van der Waals surface area contributed by atoms with Crippen molar-refractivity contribution in [3.63, 3.8) is 0 Å². The monoisotopic (exact) mass is 400 g/mol. The van der Waals surface area contributed by atoms with Crippen molar-refractivity contribution >= 4 is 11.5 Å². The Morgan fingerprint density at radius 3 is 2.43 bits per heavy atom. The van der Waals surface area contributed by atoms with Crippen LogP contribution in [-0.4, -0.2) is 45.6 Å². The fourth-order valence-corrected chi connectivity index (χ4v) is 4.90. The maximum atomic E-state index is 5.11. The van der Waals surface area contributed by atoms with Gasteiger partial charge < -0.3 is 9.80 Å². The number of fused-ring (bicyclic) bond motifs is 1. The second-order valence-corrected chi connectivity index (χ2v) is 8.31. The van der Waals surface area contributed by atoms with E-state index < -0.39 is 0 Å². The van der Waals surface area contributed by atoms with Gasteiger partial charge in [0.05, 0.1) is 17.6 Å². The van der Waals surface area contributed by atoms with E-state index in [0.717, 1.165) is 41.4 Å². The molecule has 1 fully saturated rings. The zero-order valence-electron chi connectivity index (χ0n) is 17.7. The van der Waals surface area contributed by atoms with Gasteiger partial charge in [0.1, 0.15) is 5.69 Å². The fraction of sp³-hybridized carbons (Fsp3) is 0.417. The zero-order chi connectivity index (χ0) is 20.5. The van der Waals surface area contributed by atoms with Gasteiger partial charge in [-0.2, -0.15) is 0 Å². The summed E-state index contributed by atoms with van der Waals surface area (Å²) in [6.45, 7) is 3.30. The molecular formula is C24H28N6. The van der Waals surface area contributed by atoms with E-state index in [2.05, 4.69) is 45.9 Å². The van der Waals surface area contributed by atoms with Gasteiger partial charge in [-0.1, -0.05) is 50.1 Å². The summed E-state index contributed by atoms with van der Waals surface area (Å²) < 4.78 is 0. The van der Waals surface area contributed by atoms with E-state index in [1.54, 1.807) is 12.4 Å². The molecule has 6 heteroatoms. The van der Waals surface area contributed by atoms with Gasteiger partial charge >= 0.3 is 0 Å². The molecular weight excluding hydrogens is 372 g/mol. The molecule has 0 unspecified atom stereocenters. The molecule has 3 heterocycles. The van der Waals surface area contributed by atoms with Gasteiger partial charge in [-0.15, -0.1) is 0 Å². The Kier molecular flexibility index (Phi) is 5.07. The van der Waals surface area contributed by atoms with Crippen LogP contribution >= 0.6 is 0 Å². The molecule has 0 saturated heterocycles. The molecule has 0 N–H and O–H groups in total. The number of nitrogens with zero attached hydrogens (tertiary/aromatic N) is 6. The number of anilines is 2. The van der Waals surface area contributed by atoms with E-state index in [-0.39, 0.29) is 0 Å². The van der Waals surface area contributed by atoms with Crippen LogP contribution in [0.15, 0.2) is 48.9 Å². The normalized spacial score (nSPS) is 19.2. The Labute approximate surface area is 178 Å². The van der Waals surface area contributed by atoms with E-state index in [0.29, 0.717) is 17.9 Å². The third kappa shape index (κ3) is 3.30. The van der Waals surface area contributed by atoms with E-state index in [9.17, 15) is 0 Å². The van der Waals surface area contributed by atoms with Crippen LogP contribution in [0.4, 0.5) is 11.5 Å². The number of hydrogen-bond acceptors (Lipinski definition) is 6. The summed E-state index contributed by atoms with van der Waals surface area (Å²) >= 11 is 0. The first-order valence-electron chi connectivity index (χ1n) is 11.0. The third-order valence-electron chi connectivity index (χ3n) is 6.43. The molecule has 0 amide bonds. The van der Waals surface area contributed by atoms with Crippen LogP contribution in [0.25, 0.3) is 22.8 Å². The number of likely N-dealkylation sites (N-methyl/N-ethyl adjacent to an activating group) is 1. The topological polar surface area (TPSA) is 58.0 Å². The lowest BCUT2D eigenvalue weighted by atomic mass is 10.0. The summed E-state index contributed by atoms with van der Waals surface area (Å²) in [4.78, 5) is 24.0. The lowest BCUT2D eigenvalue weighted by Crippen LogP contribution is -2.52. The van der Waals surface area contributed by atoms with Crippen LogP contribution in [0.2, 0.25) is 0 Å². The molecule has 0 spiro atoms. The number of rotatable bonds is 4. The van der Waals surface area contributed by atoms with Crippen LogP contribution in [0.1, 0.15) is 39.0 Å². The summed E-state index contributed by atoms with van der Waals surface area (Å²) in [6, 6.07) is 11.2. The molecule has 1 saturated carbocycles. The van der Waals surface area contributed by atoms with Crippen LogP contribution < -0.4 is 9.80 Å². The number of benzene rings is 1. The molecule has 1 atom stereocenters. The van der Waals surface area contributed by atoms with E-state index in [1.807, 2.05) is 24.4 Å². The van der Waals surface area contributed by atoms with Crippen molar-refractivity contribution in [3.8, 4) is 22.8 Å². The number of aromatic nitrogens is 4. The molecule has 0 radical (unpaired) electrons. The third-order valence-corrected chi connectivity index (χ3v) is 6.43. The van der Waals surface area contributed by atoms with Crippen molar-refractivity contribution in [2.75, 3.05) is 23.4 Å². The predicted molar refractivity (Wildman–Crippen MR) is 121 cm³/mol. The van der Waals surface area contributed by atoms with Crippen molar-refractivity contribution in [2.45, 2.75) is 51.1 Å². The highest BCUT2D eigenvalue weighted by atomic mass is 15.3. The standard InChI is InChI=1S/C24H28N6/c1-3-18-16-29(2)20-15-27-23(28-24(20)30(18)19-11-7-8-12-19)22-21(25-13-14-26-22)17-9-5-4-6-10-17/h4-6,9-10,13-15,18-19H,3,7-8,11-12,16H2,1-2H3/t18-/m1/s1. The highest BCUT2D eigenvalue weighted by Crippen LogP contribution is 2.40. The SMILES string of the molecule is CC[C@@H]1CN(C)c2cnc(-c3nccnc3-c3ccccc3)nc2N1C1CCCC1. The minimum Gasteiger partial charge on any atom is -0.368 e. The minimum absolute atomic E-state index is 0.476. The van der Waals surface area contributed by atoms with Gasteiger partial charge in [-0.25, -0.2) is 15.0 Å². The van der Waals surface area contributed by atoms with Gasteiger partial charge in [0, 0.05) is 43.6 Å². The highest BCUT2D eigenvalue weighted by Gasteiger charge is 2.36. The molecule has 1 aliphatic carbocycles. The van der Waals surface area contributed by atoms with E-state index in [1.165, 1.54) is 25.7 Å². The second kappa shape index (κ2) is 8.01. The smallest absolute Gasteiger partial charge is 0.182 e. The largest absolute Gasteiger partial charge is 0.368 e. The number of hydrogen-bond donors (Lipinski definition) is 0. The summed E-state index contributed by atoms with van der Waals surface area (Å²) in [7, 11) is 2.15. The van der Waals surface area contributed by atoms with Crippen molar-refractivity contribution in [3.05, 3.63) is 48.9 Å². The van der Waals surface area contributed by atoms with Crippen molar-refractivity contribution in [1.29, 1.82) is 0 Å². The molecule has 1 aliphatic heterocycles. The Bertz CT molecular complexity index is 1020. The van der Waals surface area contributed by atoms with Crippen molar-refractivity contribution in [2.24, 2.45) is 0 Å². The van der Waals surface area contributed by atoms with Crippen molar-refractivity contribution < 1.29 is 0 Å². The Morgan fingerprint density at radius 1 is 0.967 bits per heavy atom. The molecule has 3 aromatic rings. The minimum atomic E-state index is 0.476. The molecule has 1 aromatic carbocycles. The molecule has 154 valence electrons. The average Bonchev–Trinajstić information content (AvgIpc) is 3.33. The van der Waals surface area contributed by atoms with Crippen LogP contribution in [0, 0.1) is 0 Å². The van der Waals surface area contributed by atoms with Gasteiger partial charge in [0.15, 0.2) is 11.6 Å². The van der Waals surface area contributed by atoms with Gasteiger partial charge in [0.25, 0.3) is 0 Å². The summed E-state index contributed by atoms with van der Waals surface area (Å²) in [5, 5.41) is 0. The first-order valence-corrected chi connectivity index (χ1v) is 11.0. The molecule has 0 bridgehead atoms. The maximum Gasteiger partial charge on any atom is 0.182 e. The Balaban J connectivity index is 1.63. The zero-order valence-corrected chi connectivity index (χ0v) is 17.7. The fourth-order valence-electron chi connectivity index (χ4n) is 4.90. The Morgan fingerprint density at radius 2 is 1.70 bits per heavy atom. The summed E-state index contributed by atoms with van der Waals surface area (Å²) in [6.07, 6.45) is 11.6. The quantitative estimate of drug-likeness (QED) is 0.639. The van der Waals surface area contributed by atoms with Crippen molar-refractivity contribution in [1.82, 2.24) is 19.9 Å². The Hall–Kier alpha value is -3.02. The molecule has 2 aromatic heterocycles. The molecule has 5 rings (SSSR count). The summed E-state index contributed by atoms with van der Waals surface area (Å²) in [5.74, 6) is 1.70. The first-order chi connectivity index (χ1) is 14.8. The average molecular weight is 401 g/mol. The van der Waals surface area contributed by atoms with Gasteiger partial charge in [-0.3, -0.25) is 4.98 Å². The van der Waals surface area contributed by atoms with Gasteiger partial charge in [-0.05, 0) is 19.3 Å². The predicted octanol–water partition coefficient (Wildman–Crippen LogP) is 4.58. The van der Waals surface area contributed by atoms with E-state index >= 15 is 0 Å². The molecule has 30 heavy (non-hydrogen) atoms.